The van der Waals surface area contributed by atoms with E-state index in [-0.39, 0.29) is 0 Å². The van der Waals surface area contributed by atoms with Gasteiger partial charge >= 0.3 is 0 Å². The predicted molar refractivity (Wildman–Crippen MR) is 71.3 cm³/mol. The monoisotopic (exact) mass is 258 g/mol. The number of hydrogen-bond acceptors (Lipinski definition) is 3. The summed E-state index contributed by atoms with van der Waals surface area (Å²) < 4.78 is 0.894. The Hall–Kier alpha value is -0.0900. The lowest BCUT2D eigenvalue weighted by atomic mass is 10.2. The molecule has 2 heterocycles. The highest BCUT2D eigenvalue weighted by Gasteiger charge is 2.22. The van der Waals surface area contributed by atoms with Crippen LogP contribution in [0.4, 0.5) is 0 Å². The van der Waals surface area contributed by atoms with Gasteiger partial charge in [-0.05, 0) is 18.6 Å². The van der Waals surface area contributed by atoms with E-state index in [2.05, 4.69) is 30.1 Å². The Morgan fingerprint density at radius 2 is 2.38 bits per heavy atom. The summed E-state index contributed by atoms with van der Waals surface area (Å²) in [5.74, 6) is 0. The highest BCUT2D eigenvalue weighted by atomic mass is 35.5. The van der Waals surface area contributed by atoms with E-state index in [9.17, 15) is 0 Å². The molecule has 1 aromatic rings. The molecule has 0 spiro atoms. The zero-order chi connectivity index (χ0) is 11.5. The molecule has 1 unspecified atom stereocenters. The van der Waals surface area contributed by atoms with Crippen molar-refractivity contribution in [1.29, 1.82) is 0 Å². The van der Waals surface area contributed by atoms with Crippen LogP contribution in [0.5, 0.6) is 0 Å². The largest absolute Gasteiger partial charge is 0.310 e. The number of nitrogens with one attached hydrogen (secondary N) is 1. The summed E-state index contributed by atoms with van der Waals surface area (Å²) >= 11 is 7.62. The maximum Gasteiger partial charge on any atom is 0.0931 e. The van der Waals surface area contributed by atoms with E-state index in [1.54, 1.807) is 11.3 Å². The van der Waals surface area contributed by atoms with Crippen molar-refractivity contribution in [3.63, 3.8) is 0 Å². The van der Waals surface area contributed by atoms with E-state index in [4.69, 9.17) is 11.6 Å². The lowest BCUT2D eigenvalue weighted by Crippen LogP contribution is -2.36. The first kappa shape index (κ1) is 12.4. The second-order valence-electron chi connectivity index (χ2n) is 4.75. The van der Waals surface area contributed by atoms with Crippen LogP contribution < -0.4 is 5.32 Å². The van der Waals surface area contributed by atoms with Gasteiger partial charge in [0, 0.05) is 36.6 Å². The van der Waals surface area contributed by atoms with Gasteiger partial charge in [0.05, 0.1) is 4.34 Å². The molecular weight excluding hydrogens is 240 g/mol. The Kier molecular flexibility index (Phi) is 4.25. The van der Waals surface area contributed by atoms with Crippen LogP contribution in [0.1, 0.15) is 25.1 Å². The fourth-order valence-electron chi connectivity index (χ4n) is 2.24. The summed E-state index contributed by atoms with van der Waals surface area (Å²) in [6.45, 7) is 7.82. The molecule has 2 rings (SSSR count). The Morgan fingerprint density at radius 3 is 3.00 bits per heavy atom. The van der Waals surface area contributed by atoms with Crippen molar-refractivity contribution in [3.8, 4) is 0 Å². The van der Waals surface area contributed by atoms with Gasteiger partial charge in [-0.15, -0.1) is 11.3 Å². The van der Waals surface area contributed by atoms with E-state index in [1.807, 2.05) is 6.07 Å². The predicted octanol–water partition coefficient (Wildman–Crippen LogP) is 2.97. The molecule has 16 heavy (non-hydrogen) atoms. The highest BCUT2D eigenvalue weighted by molar-refractivity contribution is 7.16. The molecule has 1 atom stereocenters. The third-order valence-electron chi connectivity index (χ3n) is 2.85. The van der Waals surface area contributed by atoms with Crippen LogP contribution in [0.25, 0.3) is 0 Å². The summed E-state index contributed by atoms with van der Waals surface area (Å²) in [5.41, 5.74) is 0. The van der Waals surface area contributed by atoms with Crippen LogP contribution in [0.3, 0.4) is 0 Å². The minimum atomic E-state index is 0.584. The normalized spacial score (nSPS) is 22.1. The number of rotatable bonds is 4. The minimum absolute atomic E-state index is 0.584. The third kappa shape index (κ3) is 3.45. The molecule has 0 saturated carbocycles. The lowest BCUT2D eigenvalue weighted by Gasteiger charge is -2.17. The van der Waals surface area contributed by atoms with Crippen LogP contribution in [-0.2, 0) is 6.54 Å². The molecule has 1 fully saturated rings. The lowest BCUT2D eigenvalue weighted by molar-refractivity contribution is 0.319. The van der Waals surface area contributed by atoms with E-state index in [0.717, 1.165) is 17.4 Å². The molecule has 0 aromatic carbocycles. The quantitative estimate of drug-likeness (QED) is 0.893. The third-order valence-corrected chi connectivity index (χ3v) is 4.07. The molecule has 1 N–H and O–H groups in total. The highest BCUT2D eigenvalue weighted by Crippen LogP contribution is 2.24. The van der Waals surface area contributed by atoms with Crippen LogP contribution in [0.15, 0.2) is 12.1 Å². The topological polar surface area (TPSA) is 15.3 Å². The Morgan fingerprint density at radius 1 is 1.56 bits per heavy atom. The van der Waals surface area contributed by atoms with E-state index in [0.29, 0.717) is 12.1 Å². The average molecular weight is 259 g/mol. The SMILES string of the molecule is CC(C)NC1CCN(Cc2ccc(Cl)s2)C1. The molecule has 1 aliphatic heterocycles. The van der Waals surface area contributed by atoms with E-state index >= 15 is 0 Å². The smallest absolute Gasteiger partial charge is 0.0931 e. The molecule has 1 aromatic heterocycles. The Bertz CT molecular complexity index is 338. The second-order valence-corrected chi connectivity index (χ2v) is 6.55. The zero-order valence-corrected chi connectivity index (χ0v) is 11.4. The van der Waals surface area contributed by atoms with Crippen molar-refractivity contribution in [2.45, 2.75) is 38.9 Å². The van der Waals surface area contributed by atoms with Crippen molar-refractivity contribution in [1.82, 2.24) is 10.2 Å². The summed E-state index contributed by atoms with van der Waals surface area (Å²) in [5, 5.41) is 3.60. The van der Waals surface area contributed by atoms with E-state index < -0.39 is 0 Å². The standard InChI is InChI=1S/C12H19ClN2S/c1-9(2)14-10-5-6-15(7-10)8-11-3-4-12(13)16-11/h3-4,9-10,14H,5-8H2,1-2H3. The average Bonchev–Trinajstić information content (AvgIpc) is 2.76. The molecule has 1 aliphatic rings. The van der Waals surface area contributed by atoms with Crippen molar-refractivity contribution in [2.75, 3.05) is 13.1 Å². The molecule has 0 radical (unpaired) electrons. The van der Waals surface area contributed by atoms with E-state index in [1.165, 1.54) is 17.8 Å². The minimum Gasteiger partial charge on any atom is -0.310 e. The van der Waals surface area contributed by atoms with Gasteiger partial charge in [-0.2, -0.15) is 0 Å². The van der Waals surface area contributed by atoms with Gasteiger partial charge in [-0.1, -0.05) is 25.4 Å². The number of halogens is 1. The Labute approximate surface area is 107 Å². The molecule has 0 amide bonds. The van der Waals surface area contributed by atoms with Gasteiger partial charge in [0.2, 0.25) is 0 Å². The fraction of sp³-hybridized carbons (Fsp3) is 0.667. The van der Waals surface area contributed by atoms with Crippen LogP contribution >= 0.6 is 22.9 Å². The number of thiophene rings is 1. The van der Waals surface area contributed by atoms with Crippen molar-refractivity contribution < 1.29 is 0 Å². The van der Waals surface area contributed by atoms with Gasteiger partial charge in [0.15, 0.2) is 0 Å². The summed E-state index contributed by atoms with van der Waals surface area (Å²) in [4.78, 5) is 3.87. The molecule has 2 nitrogen and oxygen atoms in total. The first-order valence-corrected chi connectivity index (χ1v) is 7.05. The maximum atomic E-state index is 5.93. The maximum absolute atomic E-state index is 5.93. The Balaban J connectivity index is 1.80. The van der Waals surface area contributed by atoms with Gasteiger partial charge in [-0.25, -0.2) is 0 Å². The first-order valence-electron chi connectivity index (χ1n) is 5.86. The van der Waals surface area contributed by atoms with Crippen molar-refractivity contribution >= 4 is 22.9 Å². The van der Waals surface area contributed by atoms with Gasteiger partial charge in [0.25, 0.3) is 0 Å². The molecule has 1 saturated heterocycles. The van der Waals surface area contributed by atoms with Crippen LogP contribution in [0, 0.1) is 0 Å². The summed E-state index contributed by atoms with van der Waals surface area (Å²) in [6, 6.07) is 5.37. The molecular formula is C12H19ClN2S. The second kappa shape index (κ2) is 5.50. The van der Waals surface area contributed by atoms with Gasteiger partial charge < -0.3 is 5.32 Å². The van der Waals surface area contributed by atoms with Crippen molar-refractivity contribution in [2.24, 2.45) is 0 Å². The van der Waals surface area contributed by atoms with Crippen LogP contribution in [0.2, 0.25) is 4.34 Å². The van der Waals surface area contributed by atoms with Gasteiger partial charge in [-0.3, -0.25) is 4.90 Å². The molecule has 90 valence electrons. The first-order chi connectivity index (χ1) is 7.63. The molecule has 4 heteroatoms. The molecule has 0 bridgehead atoms. The zero-order valence-electron chi connectivity index (χ0n) is 9.87. The van der Waals surface area contributed by atoms with Crippen LogP contribution in [-0.4, -0.2) is 30.1 Å². The van der Waals surface area contributed by atoms with Gasteiger partial charge in [0.1, 0.15) is 0 Å². The number of nitrogens with zero attached hydrogens (tertiary/aromatic N) is 1. The summed E-state index contributed by atoms with van der Waals surface area (Å²) in [6.07, 6.45) is 1.26. The van der Waals surface area contributed by atoms with Crippen molar-refractivity contribution in [3.05, 3.63) is 21.3 Å². The fourth-order valence-corrected chi connectivity index (χ4v) is 3.37. The summed E-state index contributed by atoms with van der Waals surface area (Å²) in [7, 11) is 0. The number of likely N-dealkylation sites (tertiary alicyclic amines) is 1. The molecule has 0 aliphatic carbocycles. The number of hydrogen-bond donors (Lipinski definition) is 1.